The molecule has 1 aliphatic heterocycles. The number of rotatable bonds is 5. The van der Waals surface area contributed by atoms with Crippen LogP contribution in [0.15, 0.2) is 39.8 Å². The Balaban J connectivity index is 1.46. The van der Waals surface area contributed by atoms with E-state index < -0.39 is 0 Å². The van der Waals surface area contributed by atoms with Crippen LogP contribution >= 0.6 is 11.8 Å². The molecule has 0 amide bonds. The van der Waals surface area contributed by atoms with Gasteiger partial charge in [0, 0.05) is 31.7 Å². The van der Waals surface area contributed by atoms with E-state index in [9.17, 15) is 0 Å². The number of aryl methyl sites for hydroxylation is 1. The van der Waals surface area contributed by atoms with Crippen LogP contribution < -0.4 is 5.32 Å². The Bertz CT molecular complexity index is 611. The van der Waals surface area contributed by atoms with Crippen LogP contribution in [0.2, 0.25) is 0 Å². The first kappa shape index (κ1) is 14.1. The van der Waals surface area contributed by atoms with Crippen LogP contribution in [-0.2, 0) is 12.8 Å². The molecule has 5 nitrogen and oxygen atoms in total. The zero-order valence-electron chi connectivity index (χ0n) is 12.0. The third kappa shape index (κ3) is 4.07. The molecular weight excluding hydrogens is 284 g/mol. The number of benzene rings is 1. The summed E-state index contributed by atoms with van der Waals surface area (Å²) in [6.07, 6.45) is 1.75. The van der Waals surface area contributed by atoms with Crippen molar-refractivity contribution < 1.29 is 4.52 Å². The molecule has 1 fully saturated rings. The van der Waals surface area contributed by atoms with E-state index in [-0.39, 0.29) is 0 Å². The van der Waals surface area contributed by atoms with E-state index in [4.69, 9.17) is 4.52 Å². The largest absolute Gasteiger partial charge is 0.361 e. The molecule has 2 aromatic rings. The first-order chi connectivity index (χ1) is 10.3. The van der Waals surface area contributed by atoms with Gasteiger partial charge in [0.2, 0.25) is 5.89 Å². The predicted molar refractivity (Wildman–Crippen MR) is 84.6 cm³/mol. The van der Waals surface area contributed by atoms with Crippen molar-refractivity contribution in [1.82, 2.24) is 15.5 Å². The Morgan fingerprint density at radius 1 is 1.38 bits per heavy atom. The second-order valence-electron chi connectivity index (χ2n) is 5.01. The maximum absolute atomic E-state index is 4.94. The van der Waals surface area contributed by atoms with E-state index in [0.29, 0.717) is 24.9 Å². The summed E-state index contributed by atoms with van der Waals surface area (Å²) in [4.78, 5) is 8.74. The molecule has 1 unspecified atom stereocenters. The van der Waals surface area contributed by atoms with Gasteiger partial charge in [0.1, 0.15) is 0 Å². The smallest absolute Gasteiger partial charge is 0.223 e. The molecule has 1 aromatic carbocycles. The van der Waals surface area contributed by atoms with Gasteiger partial charge in [-0.05, 0) is 12.0 Å². The molecule has 1 aliphatic rings. The van der Waals surface area contributed by atoms with Crippen LogP contribution in [0, 0.1) is 6.92 Å². The van der Waals surface area contributed by atoms with E-state index in [2.05, 4.69) is 44.7 Å². The summed E-state index contributed by atoms with van der Waals surface area (Å²) in [5, 5.41) is 8.37. The minimum Gasteiger partial charge on any atom is -0.361 e. The van der Waals surface area contributed by atoms with Gasteiger partial charge in [-0.3, -0.25) is 4.99 Å². The van der Waals surface area contributed by atoms with E-state index in [1.807, 2.05) is 6.07 Å². The van der Waals surface area contributed by atoms with E-state index in [0.717, 1.165) is 23.2 Å². The summed E-state index contributed by atoms with van der Waals surface area (Å²) >= 11 is 1.78. The lowest BCUT2D eigenvalue weighted by atomic mass is 10.1. The molecule has 0 saturated carbocycles. The zero-order chi connectivity index (χ0) is 14.5. The number of nitrogens with zero attached hydrogens (tertiary/aromatic N) is 3. The van der Waals surface area contributed by atoms with E-state index in [1.54, 1.807) is 18.7 Å². The molecule has 0 radical (unpaired) electrons. The van der Waals surface area contributed by atoms with Crippen LogP contribution in [0.4, 0.5) is 0 Å². The van der Waals surface area contributed by atoms with Gasteiger partial charge >= 0.3 is 0 Å². The number of aliphatic imine (C=N–C) groups is 1. The number of nitrogens with one attached hydrogen (secondary N) is 1. The summed E-state index contributed by atoms with van der Waals surface area (Å²) < 4.78 is 4.94. The molecule has 3 rings (SSSR count). The van der Waals surface area contributed by atoms with Crippen molar-refractivity contribution >= 4 is 16.9 Å². The van der Waals surface area contributed by atoms with E-state index >= 15 is 0 Å². The van der Waals surface area contributed by atoms with Crippen LogP contribution in [0.1, 0.15) is 17.3 Å². The SMILES string of the molecule is Cc1nc(CCN=C2NC(Cc3ccccc3)CS2)no1. The maximum atomic E-state index is 4.94. The Hall–Kier alpha value is -1.82. The molecule has 6 heteroatoms. The van der Waals surface area contributed by atoms with Crippen molar-refractivity contribution in [2.45, 2.75) is 25.8 Å². The van der Waals surface area contributed by atoms with Crippen molar-refractivity contribution in [2.24, 2.45) is 4.99 Å². The summed E-state index contributed by atoms with van der Waals surface area (Å²) in [6, 6.07) is 11.0. The highest BCUT2D eigenvalue weighted by Gasteiger charge is 2.20. The first-order valence-electron chi connectivity index (χ1n) is 7.06. The Morgan fingerprint density at radius 3 is 3.00 bits per heavy atom. The van der Waals surface area contributed by atoms with Crippen LogP contribution in [0.25, 0.3) is 0 Å². The Morgan fingerprint density at radius 2 is 2.24 bits per heavy atom. The quantitative estimate of drug-likeness (QED) is 0.917. The number of hydrogen-bond acceptors (Lipinski definition) is 5. The van der Waals surface area contributed by atoms with Gasteiger partial charge in [-0.25, -0.2) is 0 Å². The van der Waals surface area contributed by atoms with Crippen molar-refractivity contribution in [3.63, 3.8) is 0 Å². The van der Waals surface area contributed by atoms with Crippen molar-refractivity contribution in [1.29, 1.82) is 0 Å². The highest BCUT2D eigenvalue weighted by atomic mass is 32.2. The van der Waals surface area contributed by atoms with Crippen LogP contribution in [-0.4, -0.2) is 33.6 Å². The predicted octanol–water partition coefficient (Wildman–Crippen LogP) is 2.22. The fourth-order valence-electron chi connectivity index (χ4n) is 2.24. The summed E-state index contributed by atoms with van der Waals surface area (Å²) in [5.41, 5.74) is 1.36. The number of aromatic nitrogens is 2. The Kier molecular flexibility index (Phi) is 4.55. The lowest BCUT2D eigenvalue weighted by Crippen LogP contribution is -2.29. The maximum Gasteiger partial charge on any atom is 0.223 e. The zero-order valence-corrected chi connectivity index (χ0v) is 12.8. The lowest BCUT2D eigenvalue weighted by Gasteiger charge is -2.09. The third-order valence-electron chi connectivity index (χ3n) is 3.23. The normalized spacial score (nSPS) is 19.9. The van der Waals surface area contributed by atoms with Crippen molar-refractivity contribution in [2.75, 3.05) is 12.3 Å². The molecule has 110 valence electrons. The van der Waals surface area contributed by atoms with Gasteiger partial charge < -0.3 is 9.84 Å². The minimum atomic E-state index is 0.462. The molecule has 1 aromatic heterocycles. The average molecular weight is 302 g/mol. The molecule has 21 heavy (non-hydrogen) atoms. The van der Waals surface area contributed by atoms with Crippen molar-refractivity contribution in [3.05, 3.63) is 47.6 Å². The molecule has 1 saturated heterocycles. The van der Waals surface area contributed by atoms with Crippen molar-refractivity contribution in [3.8, 4) is 0 Å². The Labute approximate surface area is 128 Å². The summed E-state index contributed by atoms with van der Waals surface area (Å²) in [6.45, 7) is 2.48. The molecule has 0 bridgehead atoms. The number of thioether (sulfide) groups is 1. The summed E-state index contributed by atoms with van der Waals surface area (Å²) in [5.74, 6) is 2.39. The lowest BCUT2D eigenvalue weighted by molar-refractivity contribution is 0.387. The van der Waals surface area contributed by atoms with Gasteiger partial charge in [-0.2, -0.15) is 4.98 Å². The fourth-order valence-corrected chi connectivity index (χ4v) is 3.23. The molecule has 0 spiro atoms. The molecular formula is C15H18N4OS. The first-order valence-corrected chi connectivity index (χ1v) is 8.05. The second kappa shape index (κ2) is 6.76. The number of hydrogen-bond donors (Lipinski definition) is 1. The van der Waals surface area contributed by atoms with Crippen LogP contribution in [0.5, 0.6) is 0 Å². The summed E-state index contributed by atoms with van der Waals surface area (Å²) in [7, 11) is 0. The van der Waals surface area contributed by atoms with E-state index in [1.165, 1.54) is 5.56 Å². The molecule has 1 atom stereocenters. The third-order valence-corrected chi connectivity index (χ3v) is 4.32. The standard InChI is InChI=1S/C15H18N4OS/c1-11-17-14(19-20-11)7-8-16-15-18-13(10-21-15)9-12-5-3-2-4-6-12/h2-6,13H,7-10H2,1H3,(H,16,18). The monoisotopic (exact) mass is 302 g/mol. The van der Waals surface area contributed by atoms with Gasteiger partial charge in [0.05, 0.1) is 0 Å². The van der Waals surface area contributed by atoms with Gasteiger partial charge in [0.15, 0.2) is 11.0 Å². The fraction of sp³-hybridized carbons (Fsp3) is 0.400. The van der Waals surface area contributed by atoms with Crippen LogP contribution in [0.3, 0.4) is 0 Å². The highest BCUT2D eigenvalue weighted by Crippen LogP contribution is 2.17. The van der Waals surface area contributed by atoms with Gasteiger partial charge in [0.25, 0.3) is 0 Å². The van der Waals surface area contributed by atoms with Gasteiger partial charge in [-0.15, -0.1) is 0 Å². The molecule has 0 aliphatic carbocycles. The second-order valence-corrected chi connectivity index (χ2v) is 6.02. The highest BCUT2D eigenvalue weighted by molar-refractivity contribution is 8.14. The molecule has 1 N–H and O–H groups in total. The number of amidine groups is 1. The average Bonchev–Trinajstić information content (AvgIpc) is 3.10. The molecule has 2 heterocycles. The minimum absolute atomic E-state index is 0.462. The van der Waals surface area contributed by atoms with Gasteiger partial charge in [-0.1, -0.05) is 47.3 Å². The topological polar surface area (TPSA) is 63.3 Å².